The van der Waals surface area contributed by atoms with Crippen molar-refractivity contribution in [2.24, 2.45) is 0 Å². The molecule has 0 aliphatic heterocycles. The van der Waals surface area contributed by atoms with Gasteiger partial charge in [0.15, 0.2) is 0 Å². The molecule has 0 bridgehead atoms. The van der Waals surface area contributed by atoms with Crippen LogP contribution in [0.3, 0.4) is 0 Å². The molecule has 2 aromatic rings. The average Bonchev–Trinajstić information content (AvgIpc) is 2.38. The first kappa shape index (κ1) is 14.9. The Morgan fingerprint density at radius 3 is 2.32 bits per heavy atom. The monoisotopic (exact) mass is 499 g/mol. The molecule has 19 heavy (non-hydrogen) atoms. The molecule has 6 heteroatoms. The van der Waals surface area contributed by atoms with Crippen molar-refractivity contribution in [1.82, 2.24) is 0 Å². The van der Waals surface area contributed by atoms with Crippen LogP contribution < -0.4 is 5.32 Å². The maximum atomic E-state index is 12.1. The fourth-order valence-electron chi connectivity index (χ4n) is 1.45. The molecule has 2 rings (SSSR count). The lowest BCUT2D eigenvalue weighted by Crippen LogP contribution is -2.12. The van der Waals surface area contributed by atoms with Gasteiger partial charge in [-0.3, -0.25) is 4.79 Å². The van der Waals surface area contributed by atoms with Crippen molar-refractivity contribution < 1.29 is 9.90 Å². The molecular weight excluding hydrogens is 491 g/mol. The van der Waals surface area contributed by atoms with E-state index >= 15 is 0 Å². The van der Waals surface area contributed by atoms with Crippen LogP contribution in [0.5, 0.6) is 5.75 Å². The van der Waals surface area contributed by atoms with Gasteiger partial charge in [-0.1, -0.05) is 23.7 Å². The van der Waals surface area contributed by atoms with Gasteiger partial charge in [-0.25, -0.2) is 0 Å². The van der Waals surface area contributed by atoms with Crippen molar-refractivity contribution >= 4 is 68.4 Å². The fourth-order valence-corrected chi connectivity index (χ4v) is 3.40. The highest BCUT2D eigenvalue weighted by Gasteiger charge is 2.12. The molecule has 0 atom stereocenters. The molecule has 0 radical (unpaired) electrons. The Bertz CT molecular complexity index is 623. The van der Waals surface area contributed by atoms with Gasteiger partial charge in [0.25, 0.3) is 5.91 Å². The maximum absolute atomic E-state index is 12.1. The zero-order chi connectivity index (χ0) is 14.0. The lowest BCUT2D eigenvalue weighted by Gasteiger charge is -2.08. The van der Waals surface area contributed by atoms with E-state index in [0.29, 0.717) is 23.4 Å². The highest BCUT2D eigenvalue weighted by Crippen LogP contribution is 2.28. The second-order valence-electron chi connectivity index (χ2n) is 3.72. The second-order valence-corrected chi connectivity index (χ2v) is 6.45. The Balaban J connectivity index is 2.28. The van der Waals surface area contributed by atoms with Crippen molar-refractivity contribution in [2.45, 2.75) is 0 Å². The van der Waals surface area contributed by atoms with Crippen molar-refractivity contribution in [3.05, 3.63) is 54.1 Å². The Hall–Kier alpha value is -0.540. The van der Waals surface area contributed by atoms with Gasteiger partial charge in [0, 0.05) is 5.56 Å². The highest BCUT2D eigenvalue weighted by atomic mass is 127. The van der Waals surface area contributed by atoms with Gasteiger partial charge in [0.2, 0.25) is 0 Å². The normalized spacial score (nSPS) is 10.3. The predicted molar refractivity (Wildman–Crippen MR) is 92.9 cm³/mol. The van der Waals surface area contributed by atoms with Gasteiger partial charge in [-0.15, -0.1) is 0 Å². The number of carbonyl (C=O) groups is 1. The molecule has 3 nitrogen and oxygen atoms in total. The summed E-state index contributed by atoms with van der Waals surface area (Å²) < 4.78 is 1.27. The van der Waals surface area contributed by atoms with Crippen LogP contribution in [-0.4, -0.2) is 11.0 Å². The summed E-state index contributed by atoms with van der Waals surface area (Å²) in [5, 5.41) is 12.9. The fraction of sp³-hybridized carbons (Fsp3) is 0. The molecule has 0 spiro atoms. The Morgan fingerprint density at radius 1 is 1.16 bits per heavy atom. The van der Waals surface area contributed by atoms with Gasteiger partial charge in [0.05, 0.1) is 17.9 Å². The SMILES string of the molecule is O=C(Nc1ccccc1Cl)c1cc(I)c(O)c(I)c1. The van der Waals surface area contributed by atoms with Gasteiger partial charge in [-0.2, -0.15) is 0 Å². The number of phenols is 1. The minimum absolute atomic E-state index is 0.190. The molecule has 2 aromatic carbocycles. The zero-order valence-corrected chi connectivity index (χ0v) is 14.5. The molecule has 98 valence electrons. The molecule has 0 fully saturated rings. The number of hydrogen-bond acceptors (Lipinski definition) is 2. The smallest absolute Gasteiger partial charge is 0.255 e. The van der Waals surface area contributed by atoms with E-state index in [2.05, 4.69) is 5.32 Å². The van der Waals surface area contributed by atoms with E-state index in [1.165, 1.54) is 0 Å². The number of aromatic hydroxyl groups is 1. The Kier molecular flexibility index (Phi) is 4.91. The third kappa shape index (κ3) is 3.51. The number of amides is 1. The van der Waals surface area contributed by atoms with E-state index in [0.717, 1.165) is 0 Å². The van der Waals surface area contributed by atoms with Gasteiger partial charge in [-0.05, 0) is 69.4 Å². The first-order chi connectivity index (χ1) is 8.99. The Morgan fingerprint density at radius 2 is 1.74 bits per heavy atom. The second kappa shape index (κ2) is 6.27. The summed E-state index contributed by atoms with van der Waals surface area (Å²) in [6.07, 6.45) is 0. The maximum Gasteiger partial charge on any atom is 0.255 e. The number of halogens is 3. The predicted octanol–water partition coefficient (Wildman–Crippen LogP) is 4.51. The van der Waals surface area contributed by atoms with Gasteiger partial charge < -0.3 is 10.4 Å². The Labute approximate surface area is 142 Å². The molecule has 2 N–H and O–H groups in total. The minimum Gasteiger partial charge on any atom is -0.506 e. The van der Waals surface area contributed by atoms with Crippen LogP contribution in [0.15, 0.2) is 36.4 Å². The summed E-state index contributed by atoms with van der Waals surface area (Å²) in [5.74, 6) is -0.0700. The van der Waals surface area contributed by atoms with Crippen LogP contribution in [0.4, 0.5) is 5.69 Å². The third-order valence-corrected chi connectivity index (χ3v) is 4.38. The van der Waals surface area contributed by atoms with E-state index in [1.54, 1.807) is 36.4 Å². The molecule has 0 unspecified atom stereocenters. The standard InChI is InChI=1S/C13H8ClI2NO2/c14-8-3-1-2-4-11(8)17-13(19)7-5-9(15)12(18)10(16)6-7/h1-6,18H,(H,17,19). The zero-order valence-electron chi connectivity index (χ0n) is 9.45. The summed E-state index contributed by atoms with van der Waals surface area (Å²) in [5.41, 5.74) is 1.04. The van der Waals surface area contributed by atoms with E-state index < -0.39 is 0 Å². The summed E-state index contributed by atoms with van der Waals surface area (Å²) in [7, 11) is 0. The third-order valence-electron chi connectivity index (χ3n) is 2.40. The molecule has 1 amide bonds. The van der Waals surface area contributed by atoms with Crippen LogP contribution in [0.1, 0.15) is 10.4 Å². The number of carbonyl (C=O) groups excluding carboxylic acids is 1. The number of para-hydroxylation sites is 1. The van der Waals surface area contributed by atoms with E-state index in [1.807, 2.05) is 45.2 Å². The van der Waals surface area contributed by atoms with E-state index in [4.69, 9.17) is 11.6 Å². The molecule has 0 saturated carbocycles. The van der Waals surface area contributed by atoms with Crippen LogP contribution in [0.25, 0.3) is 0 Å². The number of nitrogens with one attached hydrogen (secondary N) is 1. The van der Waals surface area contributed by atoms with E-state index in [-0.39, 0.29) is 11.7 Å². The van der Waals surface area contributed by atoms with E-state index in [9.17, 15) is 9.90 Å². The van der Waals surface area contributed by atoms with Crippen molar-refractivity contribution in [1.29, 1.82) is 0 Å². The number of rotatable bonds is 2. The molecule has 0 heterocycles. The van der Waals surface area contributed by atoms with Crippen molar-refractivity contribution in [3.8, 4) is 5.75 Å². The van der Waals surface area contributed by atoms with Crippen LogP contribution >= 0.6 is 56.8 Å². The van der Waals surface area contributed by atoms with Crippen LogP contribution in [-0.2, 0) is 0 Å². The largest absolute Gasteiger partial charge is 0.506 e. The average molecular weight is 499 g/mol. The number of anilines is 1. The lowest BCUT2D eigenvalue weighted by molar-refractivity contribution is 0.102. The van der Waals surface area contributed by atoms with Crippen LogP contribution in [0, 0.1) is 7.14 Å². The number of benzene rings is 2. The minimum atomic E-state index is -0.260. The van der Waals surface area contributed by atoms with Crippen molar-refractivity contribution in [2.75, 3.05) is 5.32 Å². The number of phenolic OH excluding ortho intramolecular Hbond substituents is 1. The molecule has 0 saturated heterocycles. The first-order valence-corrected chi connectivity index (χ1v) is 7.76. The van der Waals surface area contributed by atoms with Gasteiger partial charge >= 0.3 is 0 Å². The summed E-state index contributed by atoms with van der Waals surface area (Å²) in [4.78, 5) is 12.1. The van der Waals surface area contributed by atoms with Crippen LogP contribution in [0.2, 0.25) is 5.02 Å². The first-order valence-electron chi connectivity index (χ1n) is 5.23. The molecular formula is C13H8ClI2NO2. The quantitative estimate of drug-likeness (QED) is 0.598. The van der Waals surface area contributed by atoms with Gasteiger partial charge in [0.1, 0.15) is 5.75 Å². The molecule has 0 aliphatic carbocycles. The highest BCUT2D eigenvalue weighted by molar-refractivity contribution is 14.1. The summed E-state index contributed by atoms with van der Waals surface area (Å²) in [6.45, 7) is 0. The summed E-state index contributed by atoms with van der Waals surface area (Å²) >= 11 is 9.96. The topological polar surface area (TPSA) is 49.3 Å². The number of hydrogen-bond donors (Lipinski definition) is 2. The molecule has 0 aliphatic rings. The lowest BCUT2D eigenvalue weighted by atomic mass is 10.2. The molecule has 0 aromatic heterocycles. The summed E-state index contributed by atoms with van der Waals surface area (Å²) in [6, 6.07) is 10.3. The van der Waals surface area contributed by atoms with Crippen molar-refractivity contribution in [3.63, 3.8) is 0 Å².